The number of nitrogens with zero attached hydrogens (tertiary/aromatic N) is 2. The van der Waals surface area contributed by atoms with Crippen LogP contribution >= 0.6 is 0 Å². The Morgan fingerprint density at radius 2 is 1.67 bits per heavy atom. The minimum atomic E-state index is -0.761. The Morgan fingerprint density at radius 1 is 0.952 bits per heavy atom. The topological polar surface area (TPSA) is 64.9 Å². The van der Waals surface area contributed by atoms with Gasteiger partial charge in [-0.15, -0.1) is 0 Å². The average molecular weight is 291 g/mol. The van der Waals surface area contributed by atoms with Gasteiger partial charge in [0.25, 0.3) is 0 Å². The lowest BCUT2D eigenvalue weighted by Gasteiger charge is -2.03. The van der Waals surface area contributed by atoms with Gasteiger partial charge in [0.05, 0.1) is 17.5 Å². The van der Waals surface area contributed by atoms with Crippen molar-refractivity contribution in [1.29, 1.82) is 0 Å². The molecule has 21 heavy (non-hydrogen) atoms. The first-order chi connectivity index (χ1) is 10.0. The van der Waals surface area contributed by atoms with Crippen molar-refractivity contribution in [2.24, 2.45) is 0 Å². The normalized spacial score (nSPS) is 10.8. The van der Waals surface area contributed by atoms with Crippen molar-refractivity contribution in [2.75, 3.05) is 5.73 Å². The molecule has 0 aliphatic rings. The number of nitrogens with two attached hydrogens (primary N) is 1. The van der Waals surface area contributed by atoms with Crippen LogP contribution in [0.4, 0.5) is 19.1 Å². The molecular weight excluding hydrogens is 283 g/mol. The molecule has 0 radical (unpaired) electrons. The highest BCUT2D eigenvalue weighted by molar-refractivity contribution is 5.85. The number of hydrogen-bond donors (Lipinski definition) is 1. The van der Waals surface area contributed by atoms with Gasteiger partial charge in [-0.05, 0) is 29.8 Å². The van der Waals surface area contributed by atoms with E-state index >= 15 is 0 Å². The van der Waals surface area contributed by atoms with Crippen LogP contribution in [0.15, 0.2) is 41.1 Å². The number of anilines is 1. The first-order valence-corrected chi connectivity index (χ1v) is 5.88. The molecule has 0 saturated carbocycles. The summed E-state index contributed by atoms with van der Waals surface area (Å²) in [6, 6.07) is 5.48. The van der Waals surface area contributed by atoms with Gasteiger partial charge >= 0.3 is 0 Å². The highest BCUT2D eigenvalue weighted by Gasteiger charge is 2.19. The van der Waals surface area contributed by atoms with Gasteiger partial charge in [-0.25, -0.2) is 13.2 Å². The van der Waals surface area contributed by atoms with E-state index in [4.69, 9.17) is 10.3 Å². The summed E-state index contributed by atoms with van der Waals surface area (Å²) in [7, 11) is 0. The molecule has 7 heteroatoms. The molecule has 1 aromatic carbocycles. The summed E-state index contributed by atoms with van der Waals surface area (Å²) >= 11 is 0. The Hall–Kier alpha value is -2.83. The summed E-state index contributed by atoms with van der Waals surface area (Å²) in [5, 5.41) is 3.72. The fourth-order valence-corrected chi connectivity index (χ4v) is 1.97. The Bertz CT molecular complexity index is 779. The SMILES string of the molecule is Nc1onc(-c2ccc(F)cn2)c1-c1cc(F)cc(F)c1. The first-order valence-electron chi connectivity index (χ1n) is 5.88. The van der Waals surface area contributed by atoms with Crippen LogP contribution in [-0.2, 0) is 0 Å². The van der Waals surface area contributed by atoms with Gasteiger partial charge in [0.1, 0.15) is 23.1 Å². The zero-order chi connectivity index (χ0) is 15.0. The number of rotatable bonds is 2. The van der Waals surface area contributed by atoms with Gasteiger partial charge in [0.2, 0.25) is 5.88 Å². The van der Waals surface area contributed by atoms with E-state index in [1.54, 1.807) is 0 Å². The summed E-state index contributed by atoms with van der Waals surface area (Å²) in [5.74, 6) is -2.15. The minimum Gasteiger partial charge on any atom is -0.367 e. The molecule has 0 unspecified atom stereocenters. The molecule has 4 nitrogen and oxygen atoms in total. The zero-order valence-corrected chi connectivity index (χ0v) is 10.5. The molecule has 3 aromatic rings. The third kappa shape index (κ3) is 2.45. The minimum absolute atomic E-state index is 0.110. The highest BCUT2D eigenvalue weighted by atomic mass is 19.1. The van der Waals surface area contributed by atoms with E-state index < -0.39 is 17.5 Å². The fraction of sp³-hybridized carbons (Fsp3) is 0. The second-order valence-corrected chi connectivity index (χ2v) is 4.29. The fourth-order valence-electron chi connectivity index (χ4n) is 1.97. The number of benzene rings is 1. The van der Waals surface area contributed by atoms with Crippen LogP contribution in [0.2, 0.25) is 0 Å². The maximum Gasteiger partial charge on any atom is 0.230 e. The monoisotopic (exact) mass is 291 g/mol. The molecule has 0 atom stereocenters. The van der Waals surface area contributed by atoms with Crippen LogP contribution in [0.5, 0.6) is 0 Å². The van der Waals surface area contributed by atoms with Crippen LogP contribution in [0.3, 0.4) is 0 Å². The summed E-state index contributed by atoms with van der Waals surface area (Å²) in [4.78, 5) is 3.85. The summed E-state index contributed by atoms with van der Waals surface area (Å²) in [5.41, 5.74) is 6.48. The third-order valence-corrected chi connectivity index (χ3v) is 2.84. The third-order valence-electron chi connectivity index (χ3n) is 2.84. The van der Waals surface area contributed by atoms with E-state index in [1.165, 1.54) is 12.1 Å². The van der Waals surface area contributed by atoms with Crippen molar-refractivity contribution in [2.45, 2.75) is 0 Å². The van der Waals surface area contributed by atoms with E-state index in [2.05, 4.69) is 10.1 Å². The predicted molar refractivity (Wildman–Crippen MR) is 69.5 cm³/mol. The summed E-state index contributed by atoms with van der Waals surface area (Å²) in [6.45, 7) is 0. The van der Waals surface area contributed by atoms with E-state index in [1.807, 2.05) is 0 Å². The van der Waals surface area contributed by atoms with Gasteiger partial charge < -0.3 is 10.3 Å². The number of halogens is 3. The highest BCUT2D eigenvalue weighted by Crippen LogP contribution is 2.35. The van der Waals surface area contributed by atoms with Gasteiger partial charge in [-0.3, -0.25) is 4.98 Å². The van der Waals surface area contributed by atoms with E-state index in [0.717, 1.165) is 24.4 Å². The van der Waals surface area contributed by atoms with Crippen LogP contribution < -0.4 is 5.73 Å². The number of hydrogen-bond acceptors (Lipinski definition) is 4. The number of pyridine rings is 1. The Labute approximate surface area is 117 Å². The molecule has 0 aliphatic heterocycles. The van der Waals surface area contributed by atoms with Crippen LogP contribution in [0.25, 0.3) is 22.5 Å². The molecular formula is C14H8F3N3O. The molecule has 2 heterocycles. The quantitative estimate of drug-likeness (QED) is 0.786. The number of aromatic nitrogens is 2. The van der Waals surface area contributed by atoms with Gasteiger partial charge in [0.15, 0.2) is 0 Å². The predicted octanol–water partition coefficient (Wildman–Crippen LogP) is 3.40. The summed E-state index contributed by atoms with van der Waals surface area (Å²) in [6.07, 6.45) is 0.996. The van der Waals surface area contributed by atoms with Gasteiger partial charge in [-0.2, -0.15) is 0 Å². The Kier molecular flexibility index (Phi) is 3.09. The maximum atomic E-state index is 13.3. The molecule has 0 spiro atoms. The molecule has 0 saturated heterocycles. The second-order valence-electron chi connectivity index (χ2n) is 4.29. The Balaban J connectivity index is 2.19. The second kappa shape index (κ2) is 4.93. The molecule has 0 fully saturated rings. The van der Waals surface area contributed by atoms with Gasteiger partial charge in [-0.1, -0.05) is 5.16 Å². The first kappa shape index (κ1) is 13.2. The average Bonchev–Trinajstić information content (AvgIpc) is 2.80. The van der Waals surface area contributed by atoms with Crippen molar-refractivity contribution >= 4 is 5.88 Å². The van der Waals surface area contributed by atoms with Crippen molar-refractivity contribution < 1.29 is 17.7 Å². The van der Waals surface area contributed by atoms with E-state index in [0.29, 0.717) is 0 Å². The molecule has 2 aromatic heterocycles. The lowest BCUT2D eigenvalue weighted by Crippen LogP contribution is -1.92. The number of nitrogen functional groups attached to an aromatic ring is 1. The molecule has 106 valence electrons. The lowest BCUT2D eigenvalue weighted by molar-refractivity contribution is 0.439. The maximum absolute atomic E-state index is 13.3. The molecule has 0 aliphatic carbocycles. The molecule has 0 amide bonds. The van der Waals surface area contributed by atoms with Crippen LogP contribution in [0, 0.1) is 17.5 Å². The molecule has 2 N–H and O–H groups in total. The van der Waals surface area contributed by atoms with Crippen molar-refractivity contribution in [3.63, 3.8) is 0 Å². The van der Waals surface area contributed by atoms with E-state index in [-0.39, 0.29) is 28.4 Å². The molecule has 0 bridgehead atoms. The largest absolute Gasteiger partial charge is 0.367 e. The van der Waals surface area contributed by atoms with Crippen molar-refractivity contribution in [3.05, 3.63) is 54.0 Å². The van der Waals surface area contributed by atoms with Crippen molar-refractivity contribution in [3.8, 4) is 22.5 Å². The zero-order valence-electron chi connectivity index (χ0n) is 10.5. The van der Waals surface area contributed by atoms with Gasteiger partial charge in [0, 0.05) is 6.07 Å². The van der Waals surface area contributed by atoms with Crippen LogP contribution in [0.1, 0.15) is 0 Å². The van der Waals surface area contributed by atoms with E-state index in [9.17, 15) is 13.2 Å². The van der Waals surface area contributed by atoms with Crippen molar-refractivity contribution in [1.82, 2.24) is 10.1 Å². The van der Waals surface area contributed by atoms with Crippen LogP contribution in [-0.4, -0.2) is 10.1 Å². The molecule has 3 rings (SSSR count). The Morgan fingerprint density at radius 3 is 2.29 bits per heavy atom. The summed E-state index contributed by atoms with van der Waals surface area (Å²) < 4.78 is 44.5. The standard InChI is InChI=1S/C14H8F3N3O/c15-8-1-2-11(19-6-8)13-12(14(18)21-20-13)7-3-9(16)5-10(17)4-7/h1-6H,18H2. The smallest absolute Gasteiger partial charge is 0.230 e. The lowest BCUT2D eigenvalue weighted by atomic mass is 10.0.